The van der Waals surface area contributed by atoms with Crippen molar-refractivity contribution in [2.75, 3.05) is 32.8 Å². The van der Waals surface area contributed by atoms with Crippen molar-refractivity contribution in [2.45, 2.75) is 13.3 Å². The van der Waals surface area contributed by atoms with Gasteiger partial charge < -0.3 is 4.74 Å². The third-order valence-electron chi connectivity index (χ3n) is 3.01. The first kappa shape index (κ1) is 12.1. The molecule has 2 nitrogen and oxygen atoms in total. The lowest BCUT2D eigenvalue weighted by Crippen LogP contribution is -2.37. The summed E-state index contributed by atoms with van der Waals surface area (Å²) in [5.74, 6) is 0. The van der Waals surface area contributed by atoms with Crippen molar-refractivity contribution in [3.8, 4) is 0 Å². The summed E-state index contributed by atoms with van der Waals surface area (Å²) in [7, 11) is 0. The largest absolute Gasteiger partial charge is 0.379 e. The van der Waals surface area contributed by atoms with Gasteiger partial charge >= 0.3 is 0 Å². The van der Waals surface area contributed by atoms with Crippen molar-refractivity contribution >= 4 is 15.9 Å². The smallest absolute Gasteiger partial charge is 0.0594 e. The maximum Gasteiger partial charge on any atom is 0.0594 e. The molecule has 1 saturated heterocycles. The van der Waals surface area contributed by atoms with Gasteiger partial charge in [-0.05, 0) is 30.5 Å². The first-order valence-electron chi connectivity index (χ1n) is 5.81. The maximum atomic E-state index is 5.34. The Morgan fingerprint density at radius 3 is 2.75 bits per heavy atom. The highest BCUT2D eigenvalue weighted by Gasteiger charge is 2.10. The number of halogens is 1. The van der Waals surface area contributed by atoms with Crippen LogP contribution in [0.25, 0.3) is 0 Å². The predicted octanol–water partition coefficient (Wildman–Crippen LogP) is 2.63. The SMILES string of the molecule is Cc1ccc(CCN2CCOCC2)c(Br)c1. The van der Waals surface area contributed by atoms with Gasteiger partial charge in [-0.1, -0.05) is 28.1 Å². The summed E-state index contributed by atoms with van der Waals surface area (Å²) in [6, 6.07) is 6.59. The highest BCUT2D eigenvalue weighted by atomic mass is 79.9. The zero-order valence-corrected chi connectivity index (χ0v) is 11.3. The monoisotopic (exact) mass is 283 g/mol. The molecule has 3 heteroatoms. The minimum Gasteiger partial charge on any atom is -0.379 e. The Morgan fingerprint density at radius 1 is 1.31 bits per heavy atom. The van der Waals surface area contributed by atoms with Gasteiger partial charge in [0.15, 0.2) is 0 Å². The van der Waals surface area contributed by atoms with Gasteiger partial charge in [-0.2, -0.15) is 0 Å². The van der Waals surface area contributed by atoms with Crippen molar-refractivity contribution < 1.29 is 4.74 Å². The molecule has 16 heavy (non-hydrogen) atoms. The number of hydrogen-bond donors (Lipinski definition) is 0. The quantitative estimate of drug-likeness (QED) is 0.846. The summed E-state index contributed by atoms with van der Waals surface area (Å²) in [4.78, 5) is 2.47. The summed E-state index contributed by atoms with van der Waals surface area (Å²) in [6.07, 6.45) is 1.11. The highest BCUT2D eigenvalue weighted by molar-refractivity contribution is 9.10. The Bertz CT molecular complexity index is 348. The van der Waals surface area contributed by atoms with Crippen LogP contribution >= 0.6 is 15.9 Å². The summed E-state index contributed by atoms with van der Waals surface area (Å²) in [5, 5.41) is 0. The van der Waals surface area contributed by atoms with Crippen LogP contribution in [-0.4, -0.2) is 37.7 Å². The van der Waals surface area contributed by atoms with E-state index in [1.165, 1.54) is 15.6 Å². The molecule has 88 valence electrons. The van der Waals surface area contributed by atoms with Crippen LogP contribution in [0.15, 0.2) is 22.7 Å². The van der Waals surface area contributed by atoms with Crippen molar-refractivity contribution in [2.24, 2.45) is 0 Å². The molecule has 1 aromatic rings. The number of morpholine rings is 1. The van der Waals surface area contributed by atoms with Crippen molar-refractivity contribution in [3.63, 3.8) is 0 Å². The van der Waals surface area contributed by atoms with Gasteiger partial charge in [0.05, 0.1) is 13.2 Å². The highest BCUT2D eigenvalue weighted by Crippen LogP contribution is 2.19. The van der Waals surface area contributed by atoms with E-state index in [2.05, 4.69) is 46.0 Å². The van der Waals surface area contributed by atoms with Gasteiger partial charge in [0.1, 0.15) is 0 Å². The molecule has 0 saturated carbocycles. The minimum absolute atomic E-state index is 0.884. The third-order valence-corrected chi connectivity index (χ3v) is 3.75. The van der Waals surface area contributed by atoms with Gasteiger partial charge in [-0.3, -0.25) is 4.90 Å². The summed E-state index contributed by atoms with van der Waals surface area (Å²) in [5.41, 5.74) is 2.71. The second-order valence-corrected chi connectivity index (χ2v) is 5.15. The second-order valence-electron chi connectivity index (χ2n) is 4.30. The summed E-state index contributed by atoms with van der Waals surface area (Å²) in [6.45, 7) is 7.17. The fourth-order valence-corrected chi connectivity index (χ4v) is 2.65. The summed E-state index contributed by atoms with van der Waals surface area (Å²) >= 11 is 3.63. The second kappa shape index (κ2) is 5.80. The molecule has 0 amide bonds. The predicted molar refractivity (Wildman–Crippen MR) is 69.8 cm³/mol. The Kier molecular flexibility index (Phi) is 4.38. The Morgan fingerprint density at radius 2 is 2.06 bits per heavy atom. The van der Waals surface area contributed by atoms with Crippen LogP contribution in [0.3, 0.4) is 0 Å². The molecule has 1 heterocycles. The maximum absolute atomic E-state index is 5.34. The lowest BCUT2D eigenvalue weighted by Gasteiger charge is -2.26. The molecule has 0 unspecified atom stereocenters. The van der Waals surface area contributed by atoms with E-state index >= 15 is 0 Å². The van der Waals surface area contributed by atoms with E-state index in [-0.39, 0.29) is 0 Å². The van der Waals surface area contributed by atoms with E-state index < -0.39 is 0 Å². The van der Waals surface area contributed by atoms with Crippen LogP contribution in [0, 0.1) is 6.92 Å². The van der Waals surface area contributed by atoms with E-state index in [0.717, 1.165) is 39.3 Å². The molecule has 1 aliphatic rings. The molecule has 0 N–H and O–H groups in total. The van der Waals surface area contributed by atoms with Crippen LogP contribution < -0.4 is 0 Å². The molecule has 0 aromatic heterocycles. The molecule has 2 rings (SSSR count). The normalized spacial score (nSPS) is 17.6. The zero-order chi connectivity index (χ0) is 11.4. The minimum atomic E-state index is 0.884. The Labute approximate surface area is 106 Å². The number of aryl methyl sites for hydroxylation is 1. The Hall–Kier alpha value is -0.380. The number of nitrogens with zero attached hydrogens (tertiary/aromatic N) is 1. The third kappa shape index (κ3) is 3.30. The fourth-order valence-electron chi connectivity index (χ4n) is 1.96. The standard InChI is InChI=1S/C13H18BrNO/c1-11-2-3-12(13(14)10-11)4-5-15-6-8-16-9-7-15/h2-3,10H,4-9H2,1H3. The molecule has 0 bridgehead atoms. The first-order valence-corrected chi connectivity index (χ1v) is 6.60. The van der Waals surface area contributed by atoms with Gasteiger partial charge in [-0.15, -0.1) is 0 Å². The molecule has 1 aromatic carbocycles. The number of hydrogen-bond acceptors (Lipinski definition) is 2. The summed E-state index contributed by atoms with van der Waals surface area (Å²) < 4.78 is 6.58. The zero-order valence-electron chi connectivity index (χ0n) is 9.71. The fraction of sp³-hybridized carbons (Fsp3) is 0.538. The lowest BCUT2D eigenvalue weighted by atomic mass is 10.1. The van der Waals surface area contributed by atoms with Gasteiger partial charge in [0.25, 0.3) is 0 Å². The van der Waals surface area contributed by atoms with Crippen molar-refractivity contribution in [1.29, 1.82) is 0 Å². The Balaban J connectivity index is 1.88. The molecule has 0 spiro atoms. The van der Waals surface area contributed by atoms with E-state index in [1.54, 1.807) is 0 Å². The van der Waals surface area contributed by atoms with E-state index in [0.29, 0.717) is 0 Å². The van der Waals surface area contributed by atoms with Crippen LogP contribution in [0.1, 0.15) is 11.1 Å². The van der Waals surface area contributed by atoms with E-state index in [9.17, 15) is 0 Å². The van der Waals surface area contributed by atoms with Gasteiger partial charge in [0.2, 0.25) is 0 Å². The molecular formula is C13H18BrNO. The number of ether oxygens (including phenoxy) is 1. The topological polar surface area (TPSA) is 12.5 Å². The van der Waals surface area contributed by atoms with E-state index in [1.807, 2.05) is 0 Å². The van der Waals surface area contributed by atoms with Crippen LogP contribution in [-0.2, 0) is 11.2 Å². The molecule has 0 atom stereocenters. The number of rotatable bonds is 3. The number of benzene rings is 1. The van der Waals surface area contributed by atoms with Crippen molar-refractivity contribution in [1.82, 2.24) is 4.90 Å². The average molecular weight is 284 g/mol. The molecule has 1 aliphatic heterocycles. The van der Waals surface area contributed by atoms with Crippen LogP contribution in [0.4, 0.5) is 0 Å². The van der Waals surface area contributed by atoms with Gasteiger partial charge in [0, 0.05) is 24.1 Å². The molecule has 0 radical (unpaired) electrons. The van der Waals surface area contributed by atoms with Crippen molar-refractivity contribution in [3.05, 3.63) is 33.8 Å². The van der Waals surface area contributed by atoms with Crippen LogP contribution in [0.2, 0.25) is 0 Å². The van der Waals surface area contributed by atoms with E-state index in [4.69, 9.17) is 4.74 Å². The molecular weight excluding hydrogens is 266 g/mol. The molecule has 1 fully saturated rings. The molecule has 0 aliphatic carbocycles. The average Bonchev–Trinajstić information content (AvgIpc) is 2.29. The van der Waals surface area contributed by atoms with Crippen LogP contribution in [0.5, 0.6) is 0 Å². The van der Waals surface area contributed by atoms with Gasteiger partial charge in [-0.25, -0.2) is 0 Å². The first-order chi connectivity index (χ1) is 7.75. The lowest BCUT2D eigenvalue weighted by molar-refractivity contribution is 0.0384.